The van der Waals surface area contributed by atoms with E-state index in [1.165, 1.54) is 6.33 Å². The van der Waals surface area contributed by atoms with Crippen molar-refractivity contribution in [2.45, 2.75) is 13.1 Å². The van der Waals surface area contributed by atoms with Crippen LogP contribution in [-0.2, 0) is 6.18 Å². The second-order valence-electron chi connectivity index (χ2n) is 8.04. The normalized spacial score (nSPS) is 11.6. The molecule has 1 amide bonds. The van der Waals surface area contributed by atoms with Crippen LogP contribution in [0.15, 0.2) is 73.3 Å². The van der Waals surface area contributed by atoms with Crippen LogP contribution in [0.5, 0.6) is 0 Å². The first kappa shape index (κ1) is 23.0. The minimum atomic E-state index is -4.57. The van der Waals surface area contributed by atoms with E-state index in [0.717, 1.165) is 45.9 Å². The highest BCUT2D eigenvalue weighted by Crippen LogP contribution is 2.31. The van der Waals surface area contributed by atoms with Gasteiger partial charge in [-0.2, -0.15) is 18.3 Å². The highest BCUT2D eigenvalue weighted by molar-refractivity contribution is 6.04. The molecule has 0 aliphatic carbocycles. The molecule has 36 heavy (non-hydrogen) atoms. The van der Waals surface area contributed by atoms with Gasteiger partial charge in [0.2, 0.25) is 0 Å². The zero-order valence-electron chi connectivity index (χ0n) is 18.8. The number of benzene rings is 2. The third-order valence-corrected chi connectivity index (χ3v) is 5.58. The maximum absolute atomic E-state index is 12.7. The van der Waals surface area contributed by atoms with Gasteiger partial charge in [-0.05, 0) is 53.9 Å². The van der Waals surface area contributed by atoms with E-state index >= 15 is 0 Å². The molecule has 5 rings (SSSR count). The van der Waals surface area contributed by atoms with Crippen molar-refractivity contribution in [3.8, 4) is 16.9 Å². The predicted octanol–water partition coefficient (Wildman–Crippen LogP) is 5.04. The fourth-order valence-corrected chi connectivity index (χ4v) is 3.76. The lowest BCUT2D eigenvalue weighted by molar-refractivity contribution is -0.141. The highest BCUT2D eigenvalue weighted by atomic mass is 19.4. The summed E-state index contributed by atoms with van der Waals surface area (Å²) in [7, 11) is 0. The van der Waals surface area contributed by atoms with Crippen molar-refractivity contribution < 1.29 is 18.0 Å². The molecule has 180 valence electrons. The molecule has 2 aromatic carbocycles. The van der Waals surface area contributed by atoms with Crippen molar-refractivity contribution in [2.24, 2.45) is 0 Å². The van der Waals surface area contributed by atoms with E-state index < -0.39 is 17.8 Å². The number of pyridine rings is 1. The van der Waals surface area contributed by atoms with Gasteiger partial charge in [0.05, 0.1) is 17.3 Å². The fraction of sp³-hybridized carbons (Fsp3) is 0.0800. The largest absolute Gasteiger partial charge is 0.433 e. The van der Waals surface area contributed by atoms with Crippen molar-refractivity contribution in [3.05, 3.63) is 90.1 Å². The zero-order valence-corrected chi connectivity index (χ0v) is 18.8. The molecule has 3 N–H and O–H groups in total. The van der Waals surface area contributed by atoms with Crippen LogP contribution < -0.4 is 11.1 Å². The number of amides is 1. The van der Waals surface area contributed by atoms with Crippen molar-refractivity contribution in [3.63, 3.8) is 0 Å². The Morgan fingerprint density at radius 1 is 0.972 bits per heavy atom. The molecular weight excluding hydrogens is 471 g/mol. The molecule has 3 heterocycles. The van der Waals surface area contributed by atoms with Crippen LogP contribution in [0.1, 0.15) is 21.6 Å². The maximum atomic E-state index is 12.7. The Morgan fingerprint density at radius 2 is 1.81 bits per heavy atom. The first-order valence-corrected chi connectivity index (χ1v) is 10.7. The van der Waals surface area contributed by atoms with Crippen molar-refractivity contribution in [1.82, 2.24) is 24.7 Å². The minimum Gasteiger partial charge on any atom is -0.384 e. The lowest BCUT2D eigenvalue weighted by atomic mass is 9.99. The van der Waals surface area contributed by atoms with E-state index in [1.807, 2.05) is 31.2 Å². The Balaban J connectivity index is 1.46. The molecule has 5 aromatic rings. The van der Waals surface area contributed by atoms with Gasteiger partial charge in [0.25, 0.3) is 5.91 Å². The van der Waals surface area contributed by atoms with Gasteiger partial charge in [0, 0.05) is 23.3 Å². The standard InChI is InChI=1S/C25H18F3N7O/c1-14-2-6-18(34-24(36)17-5-7-21(30-11-17)25(26,27)28)9-19(14)15-3-4-16-12-33-35(20(16)8-15)23-10-22(29)31-13-32-23/h2-13H,1H3,(H,34,36)(H2,29,31,32). The average Bonchev–Trinajstić information content (AvgIpc) is 3.28. The summed E-state index contributed by atoms with van der Waals surface area (Å²) in [5.41, 5.74) is 8.72. The molecule has 0 aliphatic rings. The summed E-state index contributed by atoms with van der Waals surface area (Å²) in [4.78, 5) is 24.1. The van der Waals surface area contributed by atoms with Crippen molar-refractivity contribution >= 4 is 28.3 Å². The lowest BCUT2D eigenvalue weighted by Gasteiger charge is -2.12. The number of hydrogen-bond donors (Lipinski definition) is 2. The van der Waals surface area contributed by atoms with E-state index in [-0.39, 0.29) is 5.56 Å². The molecule has 0 atom stereocenters. The van der Waals surface area contributed by atoms with Crippen LogP contribution >= 0.6 is 0 Å². The van der Waals surface area contributed by atoms with Crippen molar-refractivity contribution in [1.29, 1.82) is 0 Å². The Hall–Kier alpha value is -4.80. The van der Waals surface area contributed by atoms with Crippen LogP contribution in [0.25, 0.3) is 27.8 Å². The van der Waals surface area contributed by atoms with E-state index in [9.17, 15) is 18.0 Å². The Labute approximate surface area is 202 Å². The van der Waals surface area contributed by atoms with Gasteiger partial charge in [-0.3, -0.25) is 9.78 Å². The molecule has 3 aromatic heterocycles. The SMILES string of the molecule is Cc1ccc(NC(=O)c2ccc(C(F)(F)F)nc2)cc1-c1ccc2cnn(-c3cc(N)ncn3)c2c1. The van der Waals surface area contributed by atoms with Gasteiger partial charge in [-0.1, -0.05) is 18.2 Å². The van der Waals surface area contributed by atoms with E-state index in [1.54, 1.807) is 29.1 Å². The zero-order chi connectivity index (χ0) is 25.4. The number of halogens is 3. The van der Waals surface area contributed by atoms with Crippen LogP contribution in [0.4, 0.5) is 24.7 Å². The fourth-order valence-electron chi connectivity index (χ4n) is 3.76. The smallest absolute Gasteiger partial charge is 0.384 e. The number of fused-ring (bicyclic) bond motifs is 1. The molecule has 0 bridgehead atoms. The predicted molar refractivity (Wildman–Crippen MR) is 128 cm³/mol. The van der Waals surface area contributed by atoms with Crippen LogP contribution in [0, 0.1) is 6.92 Å². The Bertz CT molecular complexity index is 1590. The molecule has 0 aliphatic heterocycles. The quantitative estimate of drug-likeness (QED) is 0.366. The number of nitrogens with two attached hydrogens (primary N) is 1. The summed E-state index contributed by atoms with van der Waals surface area (Å²) in [5.74, 6) is 0.279. The summed E-state index contributed by atoms with van der Waals surface area (Å²) < 4.78 is 39.9. The minimum absolute atomic E-state index is 0.0135. The molecule has 0 saturated heterocycles. The molecule has 8 nitrogen and oxygen atoms in total. The summed E-state index contributed by atoms with van der Waals surface area (Å²) in [5, 5.41) is 8.03. The van der Waals surface area contributed by atoms with E-state index in [0.29, 0.717) is 17.3 Å². The van der Waals surface area contributed by atoms with E-state index in [2.05, 4.69) is 25.4 Å². The number of anilines is 2. The number of alkyl halides is 3. The molecule has 0 unspecified atom stereocenters. The summed E-state index contributed by atoms with van der Waals surface area (Å²) in [6.45, 7) is 1.94. The number of hydrogen-bond acceptors (Lipinski definition) is 6. The number of aromatic nitrogens is 5. The number of carbonyl (C=O) groups is 1. The van der Waals surface area contributed by atoms with Gasteiger partial charge in [-0.25, -0.2) is 14.6 Å². The topological polar surface area (TPSA) is 112 Å². The Kier molecular flexibility index (Phi) is 5.59. The van der Waals surface area contributed by atoms with Crippen LogP contribution in [0.2, 0.25) is 0 Å². The third kappa shape index (κ3) is 4.45. The molecular formula is C25H18F3N7O. The summed E-state index contributed by atoms with van der Waals surface area (Å²) in [6, 6.07) is 14.7. The van der Waals surface area contributed by atoms with Crippen molar-refractivity contribution in [2.75, 3.05) is 11.1 Å². The van der Waals surface area contributed by atoms with Gasteiger partial charge in [0.1, 0.15) is 17.8 Å². The van der Waals surface area contributed by atoms with Crippen LogP contribution in [0.3, 0.4) is 0 Å². The maximum Gasteiger partial charge on any atom is 0.433 e. The Morgan fingerprint density at radius 3 is 2.53 bits per heavy atom. The monoisotopic (exact) mass is 489 g/mol. The lowest BCUT2D eigenvalue weighted by Crippen LogP contribution is -2.14. The number of nitrogens with one attached hydrogen (secondary N) is 1. The van der Waals surface area contributed by atoms with E-state index in [4.69, 9.17) is 5.73 Å². The number of rotatable bonds is 4. The number of nitrogen functional groups attached to an aromatic ring is 1. The van der Waals surface area contributed by atoms with Gasteiger partial charge < -0.3 is 11.1 Å². The van der Waals surface area contributed by atoms with Gasteiger partial charge in [-0.15, -0.1) is 0 Å². The van der Waals surface area contributed by atoms with Gasteiger partial charge in [0.15, 0.2) is 5.82 Å². The number of carbonyl (C=O) groups excluding carboxylic acids is 1. The van der Waals surface area contributed by atoms with Crippen LogP contribution in [-0.4, -0.2) is 30.6 Å². The molecule has 0 fully saturated rings. The second kappa shape index (κ2) is 8.77. The first-order valence-electron chi connectivity index (χ1n) is 10.7. The summed E-state index contributed by atoms with van der Waals surface area (Å²) in [6.07, 6.45) is -0.580. The summed E-state index contributed by atoms with van der Waals surface area (Å²) >= 11 is 0. The highest BCUT2D eigenvalue weighted by Gasteiger charge is 2.32. The number of nitrogens with zero attached hydrogens (tertiary/aromatic N) is 5. The molecule has 0 saturated carbocycles. The average molecular weight is 489 g/mol. The molecule has 0 spiro atoms. The molecule has 0 radical (unpaired) electrons. The number of aryl methyl sites for hydroxylation is 1. The molecule has 11 heteroatoms. The first-order chi connectivity index (χ1) is 17.2. The second-order valence-corrected chi connectivity index (χ2v) is 8.04. The third-order valence-electron chi connectivity index (χ3n) is 5.58. The van der Waals surface area contributed by atoms with Gasteiger partial charge >= 0.3 is 6.18 Å².